The highest BCUT2D eigenvalue weighted by Crippen LogP contribution is 2.41. The normalized spacial score (nSPS) is 15.5. The molecule has 1 atom stereocenters. The third-order valence-electron chi connectivity index (χ3n) is 3.43. The molecule has 0 saturated carbocycles. The summed E-state index contributed by atoms with van der Waals surface area (Å²) in [5, 5.41) is 11.0. The molecule has 0 saturated heterocycles. The lowest BCUT2D eigenvalue weighted by molar-refractivity contribution is -0.258. The van der Waals surface area contributed by atoms with E-state index in [0.29, 0.717) is 10.8 Å². The molecule has 0 spiro atoms. The van der Waals surface area contributed by atoms with E-state index < -0.39 is 11.8 Å². The fourth-order valence-corrected chi connectivity index (χ4v) is 2.13. The Labute approximate surface area is 109 Å². The molecular weight excluding hydrogens is 253 g/mol. The second-order valence-corrected chi connectivity index (χ2v) is 4.78. The van der Waals surface area contributed by atoms with E-state index in [2.05, 4.69) is 0 Å². The van der Waals surface area contributed by atoms with Crippen molar-refractivity contribution >= 4 is 10.8 Å². The summed E-state index contributed by atoms with van der Waals surface area (Å²) in [6.45, 7) is 2.77. The fraction of sp³-hybridized carbons (Fsp3) is 0.333. The average molecular weight is 268 g/mol. The van der Waals surface area contributed by atoms with Gasteiger partial charge in [-0.1, -0.05) is 43.3 Å². The van der Waals surface area contributed by atoms with Gasteiger partial charge in [0.05, 0.1) is 0 Å². The lowest BCUT2D eigenvalue weighted by Gasteiger charge is -2.28. The van der Waals surface area contributed by atoms with Gasteiger partial charge in [0.15, 0.2) is 5.60 Å². The number of aliphatic hydroxyl groups is 1. The van der Waals surface area contributed by atoms with Gasteiger partial charge in [-0.15, -0.1) is 0 Å². The summed E-state index contributed by atoms with van der Waals surface area (Å²) < 4.78 is 38.8. The number of hydrogen-bond donors (Lipinski definition) is 1. The predicted molar refractivity (Wildman–Crippen MR) is 69.0 cm³/mol. The topological polar surface area (TPSA) is 20.2 Å². The van der Waals surface area contributed by atoms with E-state index in [4.69, 9.17) is 0 Å². The minimum absolute atomic E-state index is 0.111. The first kappa shape index (κ1) is 13.9. The first-order chi connectivity index (χ1) is 8.77. The number of alkyl halides is 3. The van der Waals surface area contributed by atoms with Crippen molar-refractivity contribution in [2.24, 2.45) is 0 Å². The molecular formula is C15H15F3O. The van der Waals surface area contributed by atoms with E-state index in [1.165, 1.54) is 12.1 Å². The minimum Gasteiger partial charge on any atom is -0.376 e. The third kappa shape index (κ3) is 2.32. The van der Waals surface area contributed by atoms with Crippen LogP contribution in [-0.2, 0) is 12.0 Å². The highest BCUT2D eigenvalue weighted by atomic mass is 19.4. The molecule has 0 radical (unpaired) electrons. The maximum atomic E-state index is 12.9. The van der Waals surface area contributed by atoms with Crippen molar-refractivity contribution in [1.82, 2.24) is 0 Å². The molecule has 4 heteroatoms. The van der Waals surface area contributed by atoms with Crippen LogP contribution in [-0.4, -0.2) is 11.3 Å². The van der Waals surface area contributed by atoms with Crippen molar-refractivity contribution in [1.29, 1.82) is 0 Å². The maximum absolute atomic E-state index is 12.9. The van der Waals surface area contributed by atoms with Crippen LogP contribution in [0.25, 0.3) is 10.8 Å². The van der Waals surface area contributed by atoms with Gasteiger partial charge in [0.2, 0.25) is 0 Å². The van der Waals surface area contributed by atoms with Gasteiger partial charge in [0.1, 0.15) is 0 Å². The lowest BCUT2D eigenvalue weighted by atomic mass is 9.89. The van der Waals surface area contributed by atoms with Crippen LogP contribution in [0.2, 0.25) is 0 Å². The van der Waals surface area contributed by atoms with Crippen LogP contribution in [0.4, 0.5) is 13.2 Å². The number of benzene rings is 2. The van der Waals surface area contributed by atoms with E-state index in [1.807, 2.05) is 13.0 Å². The quantitative estimate of drug-likeness (QED) is 0.866. The third-order valence-corrected chi connectivity index (χ3v) is 3.43. The van der Waals surface area contributed by atoms with Gasteiger partial charge < -0.3 is 5.11 Å². The molecule has 0 aliphatic heterocycles. The first-order valence-electron chi connectivity index (χ1n) is 6.08. The number of rotatable bonds is 2. The largest absolute Gasteiger partial charge is 0.421 e. The van der Waals surface area contributed by atoms with Crippen molar-refractivity contribution in [3.05, 3.63) is 47.5 Å². The Kier molecular flexibility index (Phi) is 3.31. The van der Waals surface area contributed by atoms with Crippen molar-refractivity contribution in [3.63, 3.8) is 0 Å². The first-order valence-corrected chi connectivity index (χ1v) is 6.08. The van der Waals surface area contributed by atoms with Gasteiger partial charge in [0, 0.05) is 5.56 Å². The van der Waals surface area contributed by atoms with Crippen molar-refractivity contribution < 1.29 is 18.3 Å². The second kappa shape index (κ2) is 4.53. The molecule has 19 heavy (non-hydrogen) atoms. The van der Waals surface area contributed by atoms with Gasteiger partial charge in [-0.3, -0.25) is 0 Å². The average Bonchev–Trinajstić information content (AvgIpc) is 2.35. The number of fused-ring (bicyclic) bond motifs is 1. The number of aryl methyl sites for hydroxylation is 1. The molecule has 102 valence electrons. The van der Waals surface area contributed by atoms with E-state index in [0.717, 1.165) is 18.9 Å². The lowest BCUT2D eigenvalue weighted by Crippen LogP contribution is -2.39. The molecule has 1 nitrogen and oxygen atoms in total. The van der Waals surface area contributed by atoms with Crippen LogP contribution in [0, 0.1) is 0 Å². The highest BCUT2D eigenvalue weighted by Gasteiger charge is 2.51. The van der Waals surface area contributed by atoms with Crippen LogP contribution in [0.5, 0.6) is 0 Å². The minimum atomic E-state index is -4.70. The van der Waals surface area contributed by atoms with Gasteiger partial charge in [-0.2, -0.15) is 13.2 Å². The Morgan fingerprint density at radius 3 is 2.37 bits per heavy atom. The number of halogens is 3. The van der Waals surface area contributed by atoms with Gasteiger partial charge in [-0.25, -0.2) is 0 Å². The summed E-state index contributed by atoms with van der Waals surface area (Å²) in [4.78, 5) is 0. The molecule has 0 bridgehead atoms. The standard InChI is InChI=1S/C15H15F3O/c1-3-10-7-8-12-11(9-10)5-4-6-13(12)14(2,19)15(16,17)18/h4-9,19H,3H2,1-2H3. The van der Waals surface area contributed by atoms with E-state index in [9.17, 15) is 18.3 Å². The molecule has 0 aromatic heterocycles. The van der Waals surface area contributed by atoms with E-state index >= 15 is 0 Å². The molecule has 0 heterocycles. The summed E-state index contributed by atoms with van der Waals surface area (Å²) in [6.07, 6.45) is -3.89. The zero-order chi connectivity index (χ0) is 14.3. The van der Waals surface area contributed by atoms with Crippen molar-refractivity contribution in [3.8, 4) is 0 Å². The summed E-state index contributed by atoms with van der Waals surface area (Å²) in [6, 6.07) is 9.90. The summed E-state index contributed by atoms with van der Waals surface area (Å²) >= 11 is 0. The SMILES string of the molecule is CCc1ccc2c(C(C)(O)C(F)(F)F)cccc2c1. The van der Waals surface area contributed by atoms with Crippen molar-refractivity contribution in [2.45, 2.75) is 32.0 Å². The van der Waals surface area contributed by atoms with Gasteiger partial charge in [0.25, 0.3) is 0 Å². The molecule has 2 rings (SSSR count). The van der Waals surface area contributed by atoms with E-state index in [1.54, 1.807) is 18.2 Å². The Balaban J connectivity index is 2.69. The predicted octanol–water partition coefficient (Wildman–Crippen LogP) is 4.17. The monoisotopic (exact) mass is 268 g/mol. The highest BCUT2D eigenvalue weighted by molar-refractivity contribution is 5.87. The molecule has 0 aliphatic carbocycles. The molecule has 0 aliphatic rings. The summed E-state index contributed by atoms with van der Waals surface area (Å²) in [5.74, 6) is 0. The Bertz CT molecular complexity index is 600. The molecule has 2 aromatic rings. The Hall–Kier alpha value is -1.55. The van der Waals surface area contributed by atoms with E-state index in [-0.39, 0.29) is 5.56 Å². The van der Waals surface area contributed by atoms with Crippen LogP contribution in [0.3, 0.4) is 0 Å². The Morgan fingerprint density at radius 1 is 1.11 bits per heavy atom. The molecule has 1 N–H and O–H groups in total. The molecule has 1 unspecified atom stereocenters. The molecule has 0 fully saturated rings. The molecule has 0 amide bonds. The van der Waals surface area contributed by atoms with Crippen LogP contribution < -0.4 is 0 Å². The Morgan fingerprint density at radius 2 is 1.79 bits per heavy atom. The molecule has 2 aromatic carbocycles. The van der Waals surface area contributed by atoms with Crippen LogP contribution >= 0.6 is 0 Å². The zero-order valence-electron chi connectivity index (χ0n) is 10.8. The second-order valence-electron chi connectivity index (χ2n) is 4.78. The van der Waals surface area contributed by atoms with Crippen molar-refractivity contribution in [2.75, 3.05) is 0 Å². The van der Waals surface area contributed by atoms with Crippen LogP contribution in [0.1, 0.15) is 25.0 Å². The summed E-state index contributed by atoms with van der Waals surface area (Å²) in [7, 11) is 0. The zero-order valence-corrected chi connectivity index (χ0v) is 10.8. The summed E-state index contributed by atoms with van der Waals surface area (Å²) in [5.41, 5.74) is -1.91. The van der Waals surface area contributed by atoms with Gasteiger partial charge >= 0.3 is 6.18 Å². The number of hydrogen-bond acceptors (Lipinski definition) is 1. The fourth-order valence-electron chi connectivity index (χ4n) is 2.13. The maximum Gasteiger partial charge on any atom is 0.421 e. The smallest absolute Gasteiger partial charge is 0.376 e. The van der Waals surface area contributed by atoms with Gasteiger partial charge in [-0.05, 0) is 29.7 Å². The van der Waals surface area contributed by atoms with Crippen LogP contribution in [0.15, 0.2) is 36.4 Å².